The summed E-state index contributed by atoms with van der Waals surface area (Å²) in [6, 6.07) is 9.38. The van der Waals surface area contributed by atoms with Crippen LogP contribution >= 0.6 is 11.3 Å². The number of para-hydroxylation sites is 1. The first-order chi connectivity index (χ1) is 9.78. The molecule has 3 N–H and O–H groups in total. The summed E-state index contributed by atoms with van der Waals surface area (Å²) in [5.74, 6) is 0.609. The number of carbonyl (C=O) groups is 1. The first kappa shape index (κ1) is 14.4. The van der Waals surface area contributed by atoms with Crippen LogP contribution in [0, 0.1) is 0 Å². The number of nitrogens with one attached hydrogen (secondary N) is 1. The van der Waals surface area contributed by atoms with Crippen molar-refractivity contribution in [1.29, 1.82) is 0 Å². The number of hydrogen-bond acceptors (Lipinski definition) is 6. The molecule has 1 aromatic heterocycles. The third-order valence-corrected chi connectivity index (χ3v) is 3.31. The van der Waals surface area contributed by atoms with Crippen LogP contribution in [0.5, 0.6) is 5.75 Å². The van der Waals surface area contributed by atoms with Crippen LogP contribution in [-0.4, -0.2) is 29.3 Å². The Hall–Kier alpha value is -1.99. The number of aromatic nitrogens is 2. The van der Waals surface area contributed by atoms with Crippen LogP contribution in [0.25, 0.3) is 0 Å². The molecule has 0 atom stereocenters. The number of benzene rings is 1. The second-order valence-corrected chi connectivity index (χ2v) is 5.06. The zero-order valence-electron chi connectivity index (χ0n) is 10.9. The molecule has 1 heterocycles. The lowest BCUT2D eigenvalue weighted by Gasteiger charge is -2.05. The number of nitrogens with two attached hydrogens (primary N) is 1. The minimum Gasteiger partial charge on any atom is -0.493 e. The Morgan fingerprint density at radius 1 is 1.30 bits per heavy atom. The molecule has 0 spiro atoms. The van der Waals surface area contributed by atoms with Gasteiger partial charge >= 0.3 is 0 Å². The van der Waals surface area contributed by atoms with Gasteiger partial charge in [0.1, 0.15) is 10.8 Å². The smallest absolute Gasteiger partial charge is 0.229 e. The lowest BCUT2D eigenvalue weighted by Crippen LogP contribution is -2.15. The van der Waals surface area contributed by atoms with E-state index in [2.05, 4.69) is 15.5 Å². The van der Waals surface area contributed by atoms with Crippen LogP contribution in [-0.2, 0) is 11.2 Å². The van der Waals surface area contributed by atoms with Crippen molar-refractivity contribution in [2.75, 3.05) is 18.5 Å². The minimum atomic E-state index is -0.142. The van der Waals surface area contributed by atoms with E-state index in [-0.39, 0.29) is 12.3 Å². The van der Waals surface area contributed by atoms with Gasteiger partial charge in [0.15, 0.2) is 0 Å². The van der Waals surface area contributed by atoms with Gasteiger partial charge < -0.3 is 15.8 Å². The van der Waals surface area contributed by atoms with Gasteiger partial charge in [0.25, 0.3) is 0 Å². The number of carbonyl (C=O) groups excluding carboxylic acids is 1. The minimum absolute atomic E-state index is 0.142. The molecular formula is C13H16N4O2S. The Bertz CT molecular complexity index is 544. The molecule has 0 saturated heterocycles. The number of amides is 1. The highest BCUT2D eigenvalue weighted by molar-refractivity contribution is 7.15. The zero-order chi connectivity index (χ0) is 14.2. The molecule has 0 bridgehead atoms. The summed E-state index contributed by atoms with van der Waals surface area (Å²) >= 11 is 1.34. The molecule has 7 heteroatoms. The van der Waals surface area contributed by atoms with Gasteiger partial charge in [-0.1, -0.05) is 29.5 Å². The van der Waals surface area contributed by atoms with Crippen molar-refractivity contribution in [3.8, 4) is 5.75 Å². The second-order valence-electron chi connectivity index (χ2n) is 4.00. The first-order valence-corrected chi connectivity index (χ1v) is 7.09. The van der Waals surface area contributed by atoms with Gasteiger partial charge in [0, 0.05) is 6.42 Å². The van der Waals surface area contributed by atoms with E-state index in [9.17, 15) is 4.79 Å². The average molecular weight is 292 g/mol. The molecule has 2 aromatic rings. The van der Waals surface area contributed by atoms with E-state index in [1.807, 2.05) is 30.3 Å². The van der Waals surface area contributed by atoms with Crippen molar-refractivity contribution in [3.05, 3.63) is 35.3 Å². The van der Waals surface area contributed by atoms with Crippen LogP contribution in [0.3, 0.4) is 0 Å². The molecule has 0 radical (unpaired) electrons. The number of ether oxygens (including phenoxy) is 1. The van der Waals surface area contributed by atoms with Crippen molar-refractivity contribution in [2.45, 2.75) is 12.8 Å². The third kappa shape index (κ3) is 4.60. The SMILES string of the molecule is NCCc1nnc(NC(=O)CCOc2ccccc2)s1. The molecule has 6 nitrogen and oxygen atoms in total. The summed E-state index contributed by atoms with van der Waals surface area (Å²) in [5, 5.41) is 11.8. The van der Waals surface area contributed by atoms with Crippen molar-refractivity contribution in [2.24, 2.45) is 5.73 Å². The highest BCUT2D eigenvalue weighted by atomic mass is 32.1. The van der Waals surface area contributed by atoms with Gasteiger partial charge in [-0.15, -0.1) is 10.2 Å². The lowest BCUT2D eigenvalue weighted by molar-refractivity contribution is -0.116. The molecule has 1 amide bonds. The standard InChI is InChI=1S/C13H16N4O2S/c14-8-6-12-16-17-13(20-12)15-11(18)7-9-19-10-4-2-1-3-5-10/h1-5H,6-9,14H2,(H,15,17,18). The fourth-order valence-electron chi connectivity index (χ4n) is 1.49. The van der Waals surface area contributed by atoms with Gasteiger partial charge in [-0.2, -0.15) is 0 Å². The van der Waals surface area contributed by atoms with E-state index < -0.39 is 0 Å². The first-order valence-electron chi connectivity index (χ1n) is 6.28. The molecule has 0 aliphatic heterocycles. The van der Waals surface area contributed by atoms with Gasteiger partial charge in [-0.25, -0.2) is 0 Å². The molecule has 0 aliphatic carbocycles. The third-order valence-electron chi connectivity index (χ3n) is 2.41. The van der Waals surface area contributed by atoms with Crippen molar-refractivity contribution in [1.82, 2.24) is 10.2 Å². The highest BCUT2D eigenvalue weighted by Gasteiger charge is 2.08. The highest BCUT2D eigenvalue weighted by Crippen LogP contribution is 2.15. The Morgan fingerprint density at radius 3 is 2.85 bits per heavy atom. The fourth-order valence-corrected chi connectivity index (χ4v) is 2.26. The van der Waals surface area contributed by atoms with Gasteiger partial charge in [-0.05, 0) is 18.7 Å². The fraction of sp³-hybridized carbons (Fsp3) is 0.308. The van der Waals surface area contributed by atoms with Gasteiger partial charge in [-0.3, -0.25) is 4.79 Å². The van der Waals surface area contributed by atoms with E-state index in [1.54, 1.807) is 0 Å². The Kier molecular flexibility index (Phi) is 5.45. The molecule has 0 saturated carbocycles. The summed E-state index contributed by atoms with van der Waals surface area (Å²) in [7, 11) is 0. The summed E-state index contributed by atoms with van der Waals surface area (Å²) < 4.78 is 5.45. The van der Waals surface area contributed by atoms with E-state index in [0.717, 1.165) is 10.8 Å². The average Bonchev–Trinajstić information content (AvgIpc) is 2.88. The largest absolute Gasteiger partial charge is 0.493 e. The second kappa shape index (κ2) is 7.56. The van der Waals surface area contributed by atoms with E-state index in [0.29, 0.717) is 24.7 Å². The molecule has 0 fully saturated rings. The predicted octanol–water partition coefficient (Wildman–Crippen LogP) is 1.45. The van der Waals surface area contributed by atoms with Crippen molar-refractivity contribution >= 4 is 22.4 Å². The molecule has 1 aromatic carbocycles. The summed E-state index contributed by atoms with van der Waals surface area (Å²) in [4.78, 5) is 11.7. The van der Waals surface area contributed by atoms with Crippen molar-refractivity contribution < 1.29 is 9.53 Å². The lowest BCUT2D eigenvalue weighted by atomic mass is 10.3. The van der Waals surface area contributed by atoms with Crippen LogP contribution in [0.1, 0.15) is 11.4 Å². The van der Waals surface area contributed by atoms with Gasteiger partial charge in [0.05, 0.1) is 13.0 Å². The summed E-state index contributed by atoms with van der Waals surface area (Å²) in [6.07, 6.45) is 0.936. The quantitative estimate of drug-likeness (QED) is 0.806. The summed E-state index contributed by atoms with van der Waals surface area (Å²) in [5.41, 5.74) is 5.43. The number of nitrogens with zero attached hydrogens (tertiary/aromatic N) is 2. The Morgan fingerprint density at radius 2 is 2.10 bits per heavy atom. The number of hydrogen-bond donors (Lipinski definition) is 2. The van der Waals surface area contributed by atoms with E-state index >= 15 is 0 Å². The van der Waals surface area contributed by atoms with E-state index in [1.165, 1.54) is 11.3 Å². The normalized spacial score (nSPS) is 10.2. The van der Waals surface area contributed by atoms with Crippen LogP contribution in [0.15, 0.2) is 30.3 Å². The molecule has 106 valence electrons. The Balaban J connectivity index is 1.72. The monoisotopic (exact) mass is 292 g/mol. The Labute approximate surface area is 121 Å². The summed E-state index contributed by atoms with van der Waals surface area (Å²) in [6.45, 7) is 0.845. The number of rotatable bonds is 7. The maximum absolute atomic E-state index is 11.7. The maximum atomic E-state index is 11.7. The maximum Gasteiger partial charge on any atom is 0.229 e. The van der Waals surface area contributed by atoms with Crippen LogP contribution in [0.4, 0.5) is 5.13 Å². The molecular weight excluding hydrogens is 276 g/mol. The van der Waals surface area contributed by atoms with Gasteiger partial charge in [0.2, 0.25) is 11.0 Å². The predicted molar refractivity (Wildman–Crippen MR) is 77.9 cm³/mol. The van der Waals surface area contributed by atoms with Crippen molar-refractivity contribution in [3.63, 3.8) is 0 Å². The number of anilines is 1. The topological polar surface area (TPSA) is 90.1 Å². The van der Waals surface area contributed by atoms with E-state index in [4.69, 9.17) is 10.5 Å². The molecule has 2 rings (SSSR count). The molecule has 20 heavy (non-hydrogen) atoms. The molecule has 0 unspecified atom stereocenters. The molecule has 0 aliphatic rings. The zero-order valence-corrected chi connectivity index (χ0v) is 11.7. The van der Waals surface area contributed by atoms with Crippen LogP contribution < -0.4 is 15.8 Å². The van der Waals surface area contributed by atoms with Crippen LogP contribution in [0.2, 0.25) is 0 Å².